The standard InChI is InChI=1S/C29H29N3O2/c1-19-4-2-7-26-27(19)32(18-20-14-15-31(17-20)29(34)23-12-13-23)28(30-26)22-10-8-21(9-11-22)24-5-3-6-25(33)16-24/h2-11,16,20,23,33H,12-15,17-18H2,1H3/t20-/m1/s1. The number of rotatable bonds is 5. The number of amides is 1. The van der Waals surface area contributed by atoms with Gasteiger partial charge in [0, 0.05) is 31.1 Å². The first-order valence-electron chi connectivity index (χ1n) is 12.2. The number of hydrogen-bond acceptors (Lipinski definition) is 3. The summed E-state index contributed by atoms with van der Waals surface area (Å²) in [5, 5.41) is 9.83. The molecule has 1 N–H and O–H groups in total. The van der Waals surface area contributed by atoms with Gasteiger partial charge in [-0.25, -0.2) is 4.98 Å². The number of phenolic OH excluding ortho intramolecular Hbond substituents is 1. The van der Waals surface area contributed by atoms with Gasteiger partial charge in [0.05, 0.1) is 11.0 Å². The summed E-state index contributed by atoms with van der Waals surface area (Å²) < 4.78 is 2.36. The van der Waals surface area contributed by atoms with Crippen LogP contribution in [0.5, 0.6) is 5.75 Å². The van der Waals surface area contributed by atoms with Crippen LogP contribution in [0.25, 0.3) is 33.5 Å². The molecule has 0 radical (unpaired) electrons. The van der Waals surface area contributed by atoms with Crippen molar-refractivity contribution in [3.8, 4) is 28.3 Å². The van der Waals surface area contributed by atoms with E-state index in [0.717, 1.165) is 66.9 Å². The molecule has 3 aromatic carbocycles. The Balaban J connectivity index is 1.33. The van der Waals surface area contributed by atoms with E-state index in [4.69, 9.17) is 4.98 Å². The number of benzene rings is 3. The van der Waals surface area contributed by atoms with Crippen molar-refractivity contribution in [3.05, 3.63) is 72.3 Å². The molecule has 1 aliphatic carbocycles. The third-order valence-electron chi connectivity index (χ3n) is 7.26. The lowest BCUT2D eigenvalue weighted by molar-refractivity contribution is -0.131. The molecule has 1 aliphatic heterocycles. The number of carbonyl (C=O) groups excluding carboxylic acids is 1. The summed E-state index contributed by atoms with van der Waals surface area (Å²) in [7, 11) is 0. The van der Waals surface area contributed by atoms with Gasteiger partial charge in [0.1, 0.15) is 11.6 Å². The molecule has 2 fully saturated rings. The molecule has 1 saturated carbocycles. The van der Waals surface area contributed by atoms with Crippen LogP contribution in [-0.2, 0) is 11.3 Å². The van der Waals surface area contributed by atoms with E-state index >= 15 is 0 Å². The number of aryl methyl sites for hydroxylation is 1. The zero-order valence-corrected chi connectivity index (χ0v) is 19.4. The van der Waals surface area contributed by atoms with Gasteiger partial charge >= 0.3 is 0 Å². The Labute approximate surface area is 199 Å². The first kappa shape index (κ1) is 21.0. The fraction of sp³-hybridized carbons (Fsp3) is 0.310. The molecular formula is C29H29N3O2. The van der Waals surface area contributed by atoms with E-state index in [1.165, 1.54) is 11.1 Å². The molecule has 0 unspecified atom stereocenters. The van der Waals surface area contributed by atoms with Gasteiger partial charge in [-0.1, -0.05) is 48.5 Å². The Morgan fingerprint density at radius 2 is 1.74 bits per heavy atom. The van der Waals surface area contributed by atoms with Crippen LogP contribution in [-0.4, -0.2) is 38.6 Å². The second-order valence-electron chi connectivity index (χ2n) is 9.83. The van der Waals surface area contributed by atoms with Crippen LogP contribution in [0.1, 0.15) is 24.8 Å². The number of phenols is 1. The van der Waals surface area contributed by atoms with E-state index < -0.39 is 0 Å². The highest BCUT2D eigenvalue weighted by Gasteiger charge is 2.36. The molecular weight excluding hydrogens is 422 g/mol. The van der Waals surface area contributed by atoms with Crippen molar-refractivity contribution in [1.82, 2.24) is 14.5 Å². The number of likely N-dealkylation sites (tertiary alicyclic amines) is 1. The lowest BCUT2D eigenvalue weighted by Crippen LogP contribution is -2.30. The SMILES string of the molecule is Cc1cccc2nc(-c3ccc(-c4cccc(O)c4)cc3)n(C[C@@H]3CCN(C(=O)C4CC4)C3)c12. The molecule has 0 bridgehead atoms. The number of imidazole rings is 1. The fourth-order valence-electron chi connectivity index (χ4n) is 5.29. The van der Waals surface area contributed by atoms with E-state index in [0.29, 0.717) is 11.8 Å². The van der Waals surface area contributed by atoms with Gasteiger partial charge in [0.2, 0.25) is 5.91 Å². The normalized spacial score (nSPS) is 18.0. The van der Waals surface area contributed by atoms with Crippen LogP contribution in [0.15, 0.2) is 66.7 Å². The second-order valence-corrected chi connectivity index (χ2v) is 9.83. The first-order chi connectivity index (χ1) is 16.6. The molecule has 34 heavy (non-hydrogen) atoms. The zero-order valence-electron chi connectivity index (χ0n) is 19.4. The van der Waals surface area contributed by atoms with Crippen molar-refractivity contribution in [2.45, 2.75) is 32.7 Å². The molecule has 1 amide bonds. The highest BCUT2D eigenvalue weighted by atomic mass is 16.3. The molecule has 1 atom stereocenters. The van der Waals surface area contributed by atoms with Gasteiger partial charge in [-0.05, 0) is 67.0 Å². The quantitative estimate of drug-likeness (QED) is 0.427. The summed E-state index contributed by atoms with van der Waals surface area (Å²) in [6.45, 7) is 4.72. The Kier molecular flexibility index (Phi) is 5.13. The van der Waals surface area contributed by atoms with E-state index in [9.17, 15) is 9.90 Å². The van der Waals surface area contributed by atoms with Gasteiger partial charge in [0.15, 0.2) is 0 Å². The number of nitrogens with zero attached hydrogens (tertiary/aromatic N) is 3. The van der Waals surface area contributed by atoms with E-state index in [1.54, 1.807) is 12.1 Å². The van der Waals surface area contributed by atoms with Crippen molar-refractivity contribution >= 4 is 16.9 Å². The molecule has 2 aliphatic rings. The topological polar surface area (TPSA) is 58.4 Å². The minimum absolute atomic E-state index is 0.268. The summed E-state index contributed by atoms with van der Waals surface area (Å²) in [6, 6.07) is 22.0. The summed E-state index contributed by atoms with van der Waals surface area (Å²) in [5.74, 6) is 2.32. The van der Waals surface area contributed by atoms with Crippen LogP contribution >= 0.6 is 0 Å². The molecule has 6 rings (SSSR count). The molecule has 2 heterocycles. The third kappa shape index (κ3) is 3.85. The number of carbonyl (C=O) groups is 1. The number of aromatic hydroxyl groups is 1. The number of aromatic nitrogens is 2. The van der Waals surface area contributed by atoms with Crippen LogP contribution < -0.4 is 0 Å². The summed E-state index contributed by atoms with van der Waals surface area (Å²) >= 11 is 0. The molecule has 1 aromatic heterocycles. The second kappa shape index (κ2) is 8.32. The van der Waals surface area contributed by atoms with Crippen LogP contribution in [0.4, 0.5) is 0 Å². The maximum Gasteiger partial charge on any atom is 0.225 e. The number of fused-ring (bicyclic) bond motifs is 1. The minimum Gasteiger partial charge on any atom is -0.508 e. The van der Waals surface area contributed by atoms with Gasteiger partial charge in [-0.3, -0.25) is 4.79 Å². The zero-order chi connectivity index (χ0) is 23.2. The predicted molar refractivity (Wildman–Crippen MR) is 134 cm³/mol. The molecule has 172 valence electrons. The Bertz CT molecular complexity index is 1370. The van der Waals surface area contributed by atoms with Gasteiger partial charge in [0.25, 0.3) is 0 Å². The van der Waals surface area contributed by atoms with E-state index in [1.807, 2.05) is 12.1 Å². The summed E-state index contributed by atoms with van der Waals surface area (Å²) in [4.78, 5) is 19.7. The van der Waals surface area contributed by atoms with Crippen LogP contribution in [0.2, 0.25) is 0 Å². The average Bonchev–Trinajstić information content (AvgIpc) is 3.48. The molecule has 1 saturated heterocycles. The number of para-hydroxylation sites is 1. The maximum absolute atomic E-state index is 12.6. The van der Waals surface area contributed by atoms with Crippen molar-refractivity contribution in [1.29, 1.82) is 0 Å². The minimum atomic E-state index is 0.268. The van der Waals surface area contributed by atoms with Gasteiger partial charge in [-0.15, -0.1) is 0 Å². The average molecular weight is 452 g/mol. The first-order valence-corrected chi connectivity index (χ1v) is 12.2. The molecule has 5 nitrogen and oxygen atoms in total. The Hall–Kier alpha value is -3.60. The molecule has 5 heteroatoms. The highest BCUT2D eigenvalue weighted by Crippen LogP contribution is 2.35. The van der Waals surface area contributed by atoms with Crippen LogP contribution in [0.3, 0.4) is 0 Å². The smallest absolute Gasteiger partial charge is 0.225 e. The van der Waals surface area contributed by atoms with Crippen molar-refractivity contribution in [2.75, 3.05) is 13.1 Å². The van der Waals surface area contributed by atoms with Crippen LogP contribution in [0, 0.1) is 18.8 Å². The lowest BCUT2D eigenvalue weighted by Gasteiger charge is -2.18. The third-order valence-corrected chi connectivity index (χ3v) is 7.26. The largest absolute Gasteiger partial charge is 0.508 e. The van der Waals surface area contributed by atoms with E-state index in [2.05, 4.69) is 58.9 Å². The van der Waals surface area contributed by atoms with Crippen molar-refractivity contribution in [2.24, 2.45) is 11.8 Å². The maximum atomic E-state index is 12.6. The summed E-state index contributed by atoms with van der Waals surface area (Å²) in [6.07, 6.45) is 3.17. The lowest BCUT2D eigenvalue weighted by atomic mass is 10.0. The Morgan fingerprint density at radius 3 is 2.50 bits per heavy atom. The van der Waals surface area contributed by atoms with Crippen molar-refractivity contribution < 1.29 is 9.90 Å². The van der Waals surface area contributed by atoms with E-state index in [-0.39, 0.29) is 11.7 Å². The summed E-state index contributed by atoms with van der Waals surface area (Å²) in [5.41, 5.74) is 6.53. The Morgan fingerprint density at radius 1 is 0.971 bits per heavy atom. The molecule has 4 aromatic rings. The predicted octanol–water partition coefficient (Wildman–Crippen LogP) is 5.64. The van der Waals surface area contributed by atoms with Gasteiger partial charge in [-0.2, -0.15) is 0 Å². The monoisotopic (exact) mass is 451 g/mol. The molecule has 0 spiro atoms. The number of hydrogen-bond donors (Lipinski definition) is 1. The highest BCUT2D eigenvalue weighted by molar-refractivity contribution is 5.84. The fourth-order valence-corrected chi connectivity index (χ4v) is 5.29. The van der Waals surface area contributed by atoms with Crippen molar-refractivity contribution in [3.63, 3.8) is 0 Å². The van der Waals surface area contributed by atoms with Gasteiger partial charge < -0.3 is 14.6 Å².